The van der Waals surface area contributed by atoms with E-state index in [2.05, 4.69) is 31.9 Å². The maximum absolute atomic E-state index is 10.8. The van der Waals surface area contributed by atoms with Gasteiger partial charge in [0.2, 0.25) is 0 Å². The first-order chi connectivity index (χ1) is 10.1. The number of hydrogen-bond donors (Lipinski definition) is 0. The van der Waals surface area contributed by atoms with Crippen LogP contribution in [0.15, 0.2) is 53.0 Å². The predicted octanol–water partition coefficient (Wildman–Crippen LogP) is 4.91. The van der Waals surface area contributed by atoms with E-state index >= 15 is 0 Å². The van der Waals surface area contributed by atoms with Crippen LogP contribution < -0.4 is 4.74 Å². The van der Waals surface area contributed by atoms with E-state index in [4.69, 9.17) is 4.74 Å². The van der Waals surface area contributed by atoms with Crippen LogP contribution in [0.1, 0.15) is 11.5 Å². The van der Waals surface area contributed by atoms with Crippen molar-refractivity contribution in [2.75, 3.05) is 11.9 Å². The monoisotopic (exact) mass is 413 g/mol. The number of nitro groups is 1. The lowest BCUT2D eigenvalue weighted by Crippen LogP contribution is -2.12. The van der Waals surface area contributed by atoms with Gasteiger partial charge in [-0.05, 0) is 27.6 Å². The molecule has 0 aliphatic rings. The van der Waals surface area contributed by atoms with E-state index in [-0.39, 0.29) is 11.6 Å². The third-order valence-electron chi connectivity index (χ3n) is 3.02. The van der Waals surface area contributed by atoms with Gasteiger partial charge in [0.05, 0.1) is 22.1 Å². The summed E-state index contributed by atoms with van der Waals surface area (Å²) in [5.41, 5.74) is 1.18. The highest BCUT2D eigenvalue weighted by Gasteiger charge is 2.14. The van der Waals surface area contributed by atoms with Crippen LogP contribution in [0.25, 0.3) is 0 Å². The Labute approximate surface area is 139 Å². The van der Waals surface area contributed by atoms with E-state index in [9.17, 15) is 10.1 Å². The molecule has 2 aromatic rings. The minimum atomic E-state index is -0.432. The summed E-state index contributed by atoms with van der Waals surface area (Å²) in [5.74, 6) is 0.656. The number of halogens is 2. The summed E-state index contributed by atoms with van der Waals surface area (Å²) >= 11 is 6.83. The standard InChI is InChI=1S/C15H13Br2NO3/c16-9-12(11-4-2-1-3-5-11)10-21-15-8-13(18(19)20)6-7-14(15)17/h1-8,12H,9-10H2. The molecule has 4 nitrogen and oxygen atoms in total. The lowest BCUT2D eigenvalue weighted by atomic mass is 10.0. The SMILES string of the molecule is O=[N+]([O-])c1ccc(Br)c(OCC(CBr)c2ccccc2)c1. The van der Waals surface area contributed by atoms with Crippen molar-refractivity contribution in [2.24, 2.45) is 0 Å². The molecule has 0 aromatic heterocycles. The van der Waals surface area contributed by atoms with Gasteiger partial charge >= 0.3 is 0 Å². The molecule has 1 atom stereocenters. The van der Waals surface area contributed by atoms with Gasteiger partial charge in [0.15, 0.2) is 0 Å². The van der Waals surface area contributed by atoms with Crippen molar-refractivity contribution < 1.29 is 9.66 Å². The first-order valence-corrected chi connectivity index (χ1v) is 8.21. The highest BCUT2D eigenvalue weighted by molar-refractivity contribution is 9.10. The number of alkyl halides is 1. The van der Waals surface area contributed by atoms with E-state index < -0.39 is 4.92 Å². The van der Waals surface area contributed by atoms with Gasteiger partial charge in [-0.1, -0.05) is 46.3 Å². The van der Waals surface area contributed by atoms with Crippen molar-refractivity contribution in [3.8, 4) is 5.75 Å². The van der Waals surface area contributed by atoms with Gasteiger partial charge in [-0.3, -0.25) is 10.1 Å². The molecule has 21 heavy (non-hydrogen) atoms. The molecule has 2 aromatic carbocycles. The molecular weight excluding hydrogens is 402 g/mol. The van der Waals surface area contributed by atoms with E-state index in [1.54, 1.807) is 6.07 Å². The van der Waals surface area contributed by atoms with Crippen molar-refractivity contribution in [2.45, 2.75) is 5.92 Å². The molecule has 0 saturated heterocycles. The lowest BCUT2D eigenvalue weighted by Gasteiger charge is -2.16. The molecular formula is C15H13Br2NO3. The summed E-state index contributed by atoms with van der Waals surface area (Å²) in [6, 6.07) is 14.5. The third-order valence-corrected chi connectivity index (χ3v) is 4.46. The average molecular weight is 415 g/mol. The maximum atomic E-state index is 10.8. The Hall–Kier alpha value is -1.40. The molecule has 1 unspecified atom stereocenters. The first kappa shape index (κ1) is 16.0. The van der Waals surface area contributed by atoms with Crippen LogP contribution >= 0.6 is 31.9 Å². The highest BCUT2D eigenvalue weighted by atomic mass is 79.9. The third kappa shape index (κ3) is 4.28. The van der Waals surface area contributed by atoms with Crippen LogP contribution in [0, 0.1) is 10.1 Å². The smallest absolute Gasteiger partial charge is 0.273 e. The Kier molecular flexibility index (Phi) is 5.76. The zero-order valence-electron chi connectivity index (χ0n) is 11.0. The van der Waals surface area contributed by atoms with Gasteiger partial charge in [0.25, 0.3) is 5.69 Å². The predicted molar refractivity (Wildman–Crippen MR) is 89.3 cm³/mol. The number of non-ortho nitro benzene ring substituents is 1. The Morgan fingerprint density at radius 1 is 1.19 bits per heavy atom. The van der Waals surface area contributed by atoms with Gasteiger partial charge < -0.3 is 4.74 Å². The summed E-state index contributed by atoms with van der Waals surface area (Å²) in [7, 11) is 0. The second kappa shape index (κ2) is 7.56. The van der Waals surface area contributed by atoms with Crippen molar-refractivity contribution >= 4 is 37.5 Å². The average Bonchev–Trinajstić information content (AvgIpc) is 2.50. The van der Waals surface area contributed by atoms with Crippen LogP contribution in [0.2, 0.25) is 0 Å². The van der Waals surface area contributed by atoms with Crippen LogP contribution in [0.3, 0.4) is 0 Å². The van der Waals surface area contributed by atoms with E-state index in [1.807, 2.05) is 30.3 Å². The molecule has 2 rings (SSSR count). The zero-order valence-corrected chi connectivity index (χ0v) is 14.2. The number of rotatable bonds is 6. The second-order valence-corrected chi connectivity index (χ2v) is 5.95. The Morgan fingerprint density at radius 3 is 2.52 bits per heavy atom. The summed E-state index contributed by atoms with van der Waals surface area (Å²) in [6.45, 7) is 0.440. The molecule has 6 heteroatoms. The Balaban J connectivity index is 2.11. The number of ether oxygens (including phenoxy) is 1. The van der Waals surface area contributed by atoms with Crippen LogP contribution in [0.5, 0.6) is 5.75 Å². The van der Waals surface area contributed by atoms with Gasteiger partial charge in [-0.25, -0.2) is 0 Å². The molecule has 0 radical (unpaired) electrons. The van der Waals surface area contributed by atoms with E-state index in [0.717, 1.165) is 10.9 Å². The van der Waals surface area contributed by atoms with Gasteiger partial charge in [0, 0.05) is 17.3 Å². The van der Waals surface area contributed by atoms with Crippen molar-refractivity contribution in [1.29, 1.82) is 0 Å². The summed E-state index contributed by atoms with van der Waals surface area (Å²) in [4.78, 5) is 10.4. The maximum Gasteiger partial charge on any atom is 0.273 e. The minimum absolute atomic E-state index is 0.0169. The molecule has 0 aliphatic carbocycles. The fourth-order valence-electron chi connectivity index (χ4n) is 1.86. The summed E-state index contributed by atoms with van der Waals surface area (Å²) in [6.07, 6.45) is 0. The fourth-order valence-corrected chi connectivity index (χ4v) is 2.78. The summed E-state index contributed by atoms with van der Waals surface area (Å²) in [5, 5.41) is 11.6. The van der Waals surface area contributed by atoms with Crippen molar-refractivity contribution in [1.82, 2.24) is 0 Å². The minimum Gasteiger partial charge on any atom is -0.491 e. The van der Waals surface area contributed by atoms with E-state index in [1.165, 1.54) is 12.1 Å². The molecule has 0 saturated carbocycles. The topological polar surface area (TPSA) is 52.4 Å². The van der Waals surface area contributed by atoms with Gasteiger partial charge in [0.1, 0.15) is 5.75 Å². The quantitative estimate of drug-likeness (QED) is 0.383. The molecule has 0 heterocycles. The molecule has 0 aliphatic heterocycles. The molecule has 0 N–H and O–H groups in total. The number of nitrogens with zero attached hydrogens (tertiary/aromatic N) is 1. The van der Waals surface area contributed by atoms with Gasteiger partial charge in [-0.15, -0.1) is 0 Å². The highest BCUT2D eigenvalue weighted by Crippen LogP contribution is 2.30. The Morgan fingerprint density at radius 2 is 1.90 bits per heavy atom. The van der Waals surface area contributed by atoms with Gasteiger partial charge in [-0.2, -0.15) is 0 Å². The lowest BCUT2D eigenvalue weighted by molar-refractivity contribution is -0.385. The van der Waals surface area contributed by atoms with Crippen LogP contribution in [-0.4, -0.2) is 16.9 Å². The Bertz CT molecular complexity index is 620. The van der Waals surface area contributed by atoms with Crippen LogP contribution in [-0.2, 0) is 0 Å². The number of nitro benzene ring substituents is 1. The normalized spacial score (nSPS) is 11.9. The summed E-state index contributed by atoms with van der Waals surface area (Å²) < 4.78 is 6.46. The van der Waals surface area contributed by atoms with Crippen LogP contribution in [0.4, 0.5) is 5.69 Å². The molecule has 0 spiro atoms. The molecule has 110 valence electrons. The van der Waals surface area contributed by atoms with Crippen molar-refractivity contribution in [3.05, 3.63) is 68.7 Å². The first-order valence-electron chi connectivity index (χ1n) is 6.29. The fraction of sp³-hybridized carbons (Fsp3) is 0.200. The second-order valence-electron chi connectivity index (χ2n) is 4.44. The number of benzene rings is 2. The van der Waals surface area contributed by atoms with Crippen molar-refractivity contribution in [3.63, 3.8) is 0 Å². The largest absolute Gasteiger partial charge is 0.491 e. The van der Waals surface area contributed by atoms with E-state index in [0.29, 0.717) is 16.8 Å². The zero-order chi connectivity index (χ0) is 15.2. The molecule has 0 bridgehead atoms. The number of hydrogen-bond acceptors (Lipinski definition) is 3. The molecule has 0 fully saturated rings. The molecule has 0 amide bonds.